The molecule has 0 spiro atoms. The van der Waals surface area contributed by atoms with Gasteiger partial charge in [-0.2, -0.15) is 0 Å². The zero-order valence-corrected chi connectivity index (χ0v) is 11.5. The van der Waals surface area contributed by atoms with Gasteiger partial charge in [-0.1, -0.05) is 0 Å². The average Bonchev–Trinajstić information content (AvgIpc) is 2.25. The molecule has 106 valence electrons. The van der Waals surface area contributed by atoms with Crippen molar-refractivity contribution in [1.29, 1.82) is 0 Å². The maximum absolute atomic E-state index is 11.7. The first-order valence-electron chi connectivity index (χ1n) is 7.48. The number of amides is 1. The normalized spacial score (nSPS) is 41.0. The predicted molar refractivity (Wildman–Crippen MR) is 70.5 cm³/mol. The summed E-state index contributed by atoms with van der Waals surface area (Å²) in [5, 5.41) is 11.6. The molecule has 4 rings (SSSR count). The van der Waals surface area contributed by atoms with Crippen molar-refractivity contribution in [2.75, 3.05) is 0 Å². The summed E-state index contributed by atoms with van der Waals surface area (Å²) >= 11 is 0. The van der Waals surface area contributed by atoms with Crippen LogP contribution in [-0.4, -0.2) is 23.0 Å². The number of rotatable bonds is 4. The number of carbonyl (C=O) groups is 2. The highest BCUT2D eigenvalue weighted by Gasteiger charge is 2.53. The Morgan fingerprint density at radius 2 is 1.63 bits per heavy atom. The van der Waals surface area contributed by atoms with Gasteiger partial charge in [0, 0.05) is 6.04 Å². The second kappa shape index (κ2) is 4.50. The van der Waals surface area contributed by atoms with Crippen LogP contribution in [0.15, 0.2) is 0 Å². The minimum absolute atomic E-state index is 0.118. The molecule has 4 aliphatic rings. The van der Waals surface area contributed by atoms with Crippen molar-refractivity contribution in [2.24, 2.45) is 23.2 Å². The monoisotopic (exact) mass is 265 g/mol. The maximum Gasteiger partial charge on any atom is 0.312 e. The molecule has 1 amide bonds. The standard InChI is InChI=1S/C15H23NO3/c1-9(16-13(17)5-14(18)19)15-6-10-2-11(7-15)4-12(3-10)8-15/h9-12H,2-8H2,1H3,(H,16,17)(H,18,19). The molecular weight excluding hydrogens is 242 g/mol. The van der Waals surface area contributed by atoms with E-state index in [0.29, 0.717) is 0 Å². The van der Waals surface area contributed by atoms with Gasteiger partial charge in [0.1, 0.15) is 6.42 Å². The summed E-state index contributed by atoms with van der Waals surface area (Å²) < 4.78 is 0. The van der Waals surface area contributed by atoms with Crippen molar-refractivity contribution in [3.05, 3.63) is 0 Å². The molecule has 0 heterocycles. The Labute approximate surface area is 113 Å². The topological polar surface area (TPSA) is 66.4 Å². The minimum Gasteiger partial charge on any atom is -0.481 e. The summed E-state index contributed by atoms with van der Waals surface area (Å²) in [7, 11) is 0. The average molecular weight is 265 g/mol. The van der Waals surface area contributed by atoms with Gasteiger partial charge < -0.3 is 10.4 Å². The van der Waals surface area contributed by atoms with Gasteiger partial charge in [0.2, 0.25) is 5.91 Å². The molecule has 0 aromatic heterocycles. The highest BCUT2D eigenvalue weighted by atomic mass is 16.4. The van der Waals surface area contributed by atoms with Crippen LogP contribution in [0.2, 0.25) is 0 Å². The second-order valence-corrected chi connectivity index (χ2v) is 7.14. The van der Waals surface area contributed by atoms with Gasteiger partial charge in [-0.3, -0.25) is 9.59 Å². The summed E-state index contributed by atoms with van der Waals surface area (Å²) in [6.07, 6.45) is 7.43. The van der Waals surface area contributed by atoms with Gasteiger partial charge in [0.25, 0.3) is 0 Å². The van der Waals surface area contributed by atoms with Crippen LogP contribution in [0.1, 0.15) is 51.9 Å². The van der Waals surface area contributed by atoms with E-state index in [2.05, 4.69) is 12.2 Å². The van der Waals surface area contributed by atoms with Crippen molar-refractivity contribution in [3.8, 4) is 0 Å². The van der Waals surface area contributed by atoms with Crippen molar-refractivity contribution in [1.82, 2.24) is 5.32 Å². The lowest BCUT2D eigenvalue weighted by Crippen LogP contribution is -2.55. The third kappa shape index (κ3) is 2.37. The molecule has 19 heavy (non-hydrogen) atoms. The molecule has 0 radical (unpaired) electrons. The molecule has 4 bridgehead atoms. The van der Waals surface area contributed by atoms with Gasteiger partial charge in [-0.15, -0.1) is 0 Å². The Kier molecular flexibility index (Phi) is 3.06. The summed E-state index contributed by atoms with van der Waals surface area (Å²) in [5.74, 6) is 1.17. The largest absolute Gasteiger partial charge is 0.481 e. The Balaban J connectivity index is 1.67. The first-order valence-corrected chi connectivity index (χ1v) is 7.48. The third-order valence-electron chi connectivity index (χ3n) is 5.69. The number of carbonyl (C=O) groups excluding carboxylic acids is 1. The maximum atomic E-state index is 11.7. The summed E-state index contributed by atoms with van der Waals surface area (Å²) in [4.78, 5) is 22.2. The smallest absolute Gasteiger partial charge is 0.312 e. The number of aliphatic carboxylic acids is 1. The lowest BCUT2D eigenvalue weighted by atomic mass is 9.48. The Bertz CT molecular complexity index is 369. The fraction of sp³-hybridized carbons (Fsp3) is 0.867. The molecule has 2 N–H and O–H groups in total. The van der Waals surface area contributed by atoms with E-state index < -0.39 is 12.4 Å². The second-order valence-electron chi connectivity index (χ2n) is 7.14. The fourth-order valence-corrected chi connectivity index (χ4v) is 5.29. The first kappa shape index (κ1) is 12.9. The van der Waals surface area contributed by atoms with Crippen molar-refractivity contribution in [2.45, 2.75) is 57.9 Å². The molecule has 4 saturated carbocycles. The fourth-order valence-electron chi connectivity index (χ4n) is 5.29. The van der Waals surface area contributed by atoms with E-state index >= 15 is 0 Å². The zero-order valence-electron chi connectivity index (χ0n) is 11.5. The number of nitrogens with one attached hydrogen (secondary N) is 1. The summed E-state index contributed by atoms with van der Waals surface area (Å²) in [6, 6.07) is 0.118. The molecule has 0 aromatic rings. The van der Waals surface area contributed by atoms with Crippen LogP contribution >= 0.6 is 0 Å². The molecular formula is C15H23NO3. The minimum atomic E-state index is -1.05. The van der Waals surface area contributed by atoms with Gasteiger partial charge in [-0.05, 0) is 68.6 Å². The number of hydrogen-bond donors (Lipinski definition) is 2. The molecule has 4 fully saturated rings. The van der Waals surface area contributed by atoms with Crippen LogP contribution in [0, 0.1) is 23.2 Å². The van der Waals surface area contributed by atoms with Crippen LogP contribution in [0.25, 0.3) is 0 Å². The highest BCUT2D eigenvalue weighted by Crippen LogP contribution is 2.61. The van der Waals surface area contributed by atoms with Crippen LogP contribution < -0.4 is 5.32 Å². The SMILES string of the molecule is CC(NC(=O)CC(=O)O)C12CC3CC(CC(C3)C1)C2. The van der Waals surface area contributed by atoms with Crippen LogP contribution in [0.3, 0.4) is 0 Å². The first-order chi connectivity index (χ1) is 8.97. The van der Waals surface area contributed by atoms with E-state index in [-0.39, 0.29) is 17.4 Å². The quantitative estimate of drug-likeness (QED) is 0.766. The van der Waals surface area contributed by atoms with Crippen LogP contribution in [0.4, 0.5) is 0 Å². The van der Waals surface area contributed by atoms with Gasteiger partial charge in [-0.25, -0.2) is 0 Å². The lowest BCUT2D eigenvalue weighted by Gasteiger charge is -2.59. The van der Waals surface area contributed by atoms with E-state index in [1.54, 1.807) is 0 Å². The molecule has 0 saturated heterocycles. The molecule has 0 aliphatic heterocycles. The van der Waals surface area contributed by atoms with Gasteiger partial charge >= 0.3 is 5.97 Å². The van der Waals surface area contributed by atoms with Crippen molar-refractivity contribution >= 4 is 11.9 Å². The molecule has 4 aliphatic carbocycles. The molecule has 1 unspecified atom stereocenters. The summed E-state index contributed by atoms with van der Waals surface area (Å²) in [5.41, 5.74) is 0.253. The van der Waals surface area contributed by atoms with E-state index in [1.807, 2.05) is 0 Å². The molecule has 4 heteroatoms. The van der Waals surface area contributed by atoms with Crippen molar-refractivity contribution in [3.63, 3.8) is 0 Å². The van der Waals surface area contributed by atoms with E-state index in [0.717, 1.165) is 17.8 Å². The van der Waals surface area contributed by atoms with E-state index in [1.165, 1.54) is 38.5 Å². The van der Waals surface area contributed by atoms with Gasteiger partial charge in [0.15, 0.2) is 0 Å². The Morgan fingerprint density at radius 3 is 2.05 bits per heavy atom. The predicted octanol–water partition coefficient (Wildman–Crippen LogP) is 2.18. The number of carboxylic acid groups (broad SMARTS) is 1. The Morgan fingerprint density at radius 1 is 1.16 bits per heavy atom. The highest BCUT2D eigenvalue weighted by molar-refractivity contribution is 5.93. The Hall–Kier alpha value is -1.06. The van der Waals surface area contributed by atoms with Crippen LogP contribution in [0.5, 0.6) is 0 Å². The van der Waals surface area contributed by atoms with E-state index in [4.69, 9.17) is 5.11 Å². The van der Waals surface area contributed by atoms with Gasteiger partial charge in [0.05, 0.1) is 0 Å². The zero-order chi connectivity index (χ0) is 13.6. The lowest BCUT2D eigenvalue weighted by molar-refractivity contribution is -0.141. The summed E-state index contributed by atoms with van der Waals surface area (Å²) in [6.45, 7) is 2.08. The molecule has 1 atom stereocenters. The van der Waals surface area contributed by atoms with E-state index in [9.17, 15) is 9.59 Å². The number of carboxylic acids is 1. The third-order valence-corrected chi connectivity index (χ3v) is 5.69. The number of hydrogen-bond acceptors (Lipinski definition) is 2. The van der Waals surface area contributed by atoms with Crippen LogP contribution in [-0.2, 0) is 9.59 Å². The molecule has 0 aromatic carbocycles. The van der Waals surface area contributed by atoms with Crippen molar-refractivity contribution < 1.29 is 14.7 Å². The molecule has 4 nitrogen and oxygen atoms in total.